The minimum Gasteiger partial charge on any atom is -0.481 e. The number of carbonyl (C=O) groups is 2. The van der Waals surface area contributed by atoms with Crippen LogP contribution in [0.3, 0.4) is 0 Å². The lowest BCUT2D eigenvalue weighted by Gasteiger charge is -2.19. The molecule has 0 aliphatic carbocycles. The van der Waals surface area contributed by atoms with Crippen molar-refractivity contribution in [3.05, 3.63) is 34.9 Å². The molecule has 0 atom stereocenters. The lowest BCUT2D eigenvalue weighted by molar-refractivity contribution is -0.147. The molecule has 0 fully saturated rings. The molecule has 0 saturated heterocycles. The van der Waals surface area contributed by atoms with Gasteiger partial charge in [-0.05, 0) is 46.2 Å². The molecule has 0 spiro atoms. The van der Waals surface area contributed by atoms with Crippen molar-refractivity contribution >= 4 is 11.9 Å². The van der Waals surface area contributed by atoms with Crippen LogP contribution in [-0.2, 0) is 4.79 Å². The molecule has 0 aliphatic rings. The van der Waals surface area contributed by atoms with Gasteiger partial charge in [0.05, 0.1) is 5.41 Å². The van der Waals surface area contributed by atoms with Gasteiger partial charge in [-0.15, -0.1) is 0 Å². The van der Waals surface area contributed by atoms with E-state index in [0.29, 0.717) is 18.5 Å². The van der Waals surface area contributed by atoms with Crippen molar-refractivity contribution in [1.29, 1.82) is 0 Å². The zero-order chi connectivity index (χ0) is 14.6. The van der Waals surface area contributed by atoms with Crippen molar-refractivity contribution in [3.63, 3.8) is 0 Å². The number of nitrogens with one attached hydrogen (secondary N) is 1. The van der Waals surface area contributed by atoms with Gasteiger partial charge in [0.25, 0.3) is 5.91 Å². The van der Waals surface area contributed by atoms with Gasteiger partial charge in [-0.3, -0.25) is 9.59 Å². The zero-order valence-electron chi connectivity index (χ0n) is 11.9. The first-order valence-electron chi connectivity index (χ1n) is 6.32. The highest BCUT2D eigenvalue weighted by Crippen LogP contribution is 2.19. The molecule has 1 amide bonds. The molecule has 0 bridgehead atoms. The summed E-state index contributed by atoms with van der Waals surface area (Å²) in [6, 6.07) is 5.65. The van der Waals surface area contributed by atoms with E-state index in [2.05, 4.69) is 5.32 Å². The summed E-state index contributed by atoms with van der Waals surface area (Å²) >= 11 is 0. The van der Waals surface area contributed by atoms with Crippen molar-refractivity contribution in [2.45, 2.75) is 34.1 Å². The Morgan fingerprint density at radius 3 is 2.16 bits per heavy atom. The summed E-state index contributed by atoms with van der Waals surface area (Å²) in [5.41, 5.74) is 1.87. The Hall–Kier alpha value is -1.84. The number of carboxylic acid groups (broad SMARTS) is 1. The third-order valence-electron chi connectivity index (χ3n) is 3.10. The number of carbonyl (C=O) groups excluding carboxylic acids is 1. The molecule has 4 heteroatoms. The SMILES string of the molecule is Cc1cc(C)cc(C(=O)NCCC(C)(C)C(=O)O)c1. The normalized spacial score (nSPS) is 11.2. The molecule has 19 heavy (non-hydrogen) atoms. The number of hydrogen-bond donors (Lipinski definition) is 2. The molecule has 0 radical (unpaired) electrons. The molecular formula is C15H21NO3. The molecule has 1 aromatic rings. The molecule has 1 rings (SSSR count). The van der Waals surface area contributed by atoms with Crippen LogP contribution in [0.4, 0.5) is 0 Å². The van der Waals surface area contributed by atoms with Gasteiger partial charge >= 0.3 is 5.97 Å². The molecule has 104 valence electrons. The van der Waals surface area contributed by atoms with Crippen LogP contribution in [0.5, 0.6) is 0 Å². The molecule has 2 N–H and O–H groups in total. The number of hydrogen-bond acceptors (Lipinski definition) is 2. The summed E-state index contributed by atoms with van der Waals surface area (Å²) in [6.45, 7) is 7.54. The zero-order valence-corrected chi connectivity index (χ0v) is 11.9. The van der Waals surface area contributed by atoms with Crippen LogP contribution in [0.1, 0.15) is 41.8 Å². The average Bonchev–Trinajstić information content (AvgIpc) is 2.27. The van der Waals surface area contributed by atoms with Crippen molar-refractivity contribution < 1.29 is 14.7 Å². The van der Waals surface area contributed by atoms with Gasteiger partial charge in [0.15, 0.2) is 0 Å². The number of aliphatic carboxylic acids is 1. The van der Waals surface area contributed by atoms with E-state index in [1.54, 1.807) is 13.8 Å². The Balaban J connectivity index is 2.59. The Morgan fingerprint density at radius 2 is 1.68 bits per heavy atom. The minimum atomic E-state index is -0.854. The van der Waals surface area contributed by atoms with Gasteiger partial charge in [0.2, 0.25) is 0 Å². The Morgan fingerprint density at radius 1 is 1.16 bits per heavy atom. The van der Waals surface area contributed by atoms with Crippen LogP contribution in [0.15, 0.2) is 18.2 Å². The molecule has 0 heterocycles. The third-order valence-corrected chi connectivity index (χ3v) is 3.10. The maximum absolute atomic E-state index is 11.9. The van der Waals surface area contributed by atoms with Gasteiger partial charge in [0, 0.05) is 12.1 Å². The average molecular weight is 263 g/mol. The first kappa shape index (κ1) is 15.2. The van der Waals surface area contributed by atoms with Crippen molar-refractivity contribution in [2.75, 3.05) is 6.54 Å². The van der Waals surface area contributed by atoms with Gasteiger partial charge < -0.3 is 10.4 Å². The minimum absolute atomic E-state index is 0.159. The maximum Gasteiger partial charge on any atom is 0.309 e. The molecule has 0 unspecified atom stereocenters. The van der Waals surface area contributed by atoms with Crippen LogP contribution in [0, 0.1) is 19.3 Å². The van der Waals surface area contributed by atoms with Crippen LogP contribution < -0.4 is 5.32 Å². The van der Waals surface area contributed by atoms with Crippen molar-refractivity contribution in [3.8, 4) is 0 Å². The predicted octanol–water partition coefficient (Wildman–Crippen LogP) is 2.53. The van der Waals surface area contributed by atoms with Crippen molar-refractivity contribution in [1.82, 2.24) is 5.32 Å². The van der Waals surface area contributed by atoms with E-state index in [0.717, 1.165) is 11.1 Å². The van der Waals surface area contributed by atoms with Gasteiger partial charge in [-0.2, -0.15) is 0 Å². The standard InChI is InChI=1S/C15H21NO3/c1-10-7-11(2)9-12(8-10)13(17)16-6-5-15(3,4)14(18)19/h7-9H,5-6H2,1-4H3,(H,16,17)(H,18,19). The number of amides is 1. The van der Waals surface area contributed by atoms with Crippen LogP contribution in [0.2, 0.25) is 0 Å². The van der Waals surface area contributed by atoms with E-state index in [1.807, 2.05) is 32.0 Å². The summed E-state index contributed by atoms with van der Waals surface area (Å²) in [5, 5.41) is 11.7. The van der Waals surface area contributed by atoms with Crippen LogP contribution >= 0.6 is 0 Å². The van der Waals surface area contributed by atoms with E-state index in [4.69, 9.17) is 5.11 Å². The largest absolute Gasteiger partial charge is 0.481 e. The van der Waals surface area contributed by atoms with Gasteiger partial charge in [-0.25, -0.2) is 0 Å². The molecule has 0 aromatic heterocycles. The number of benzene rings is 1. The fraction of sp³-hybridized carbons (Fsp3) is 0.467. The summed E-state index contributed by atoms with van der Waals surface area (Å²) in [4.78, 5) is 22.9. The fourth-order valence-electron chi connectivity index (χ4n) is 1.80. The Labute approximate surface area is 113 Å². The highest BCUT2D eigenvalue weighted by atomic mass is 16.4. The first-order valence-corrected chi connectivity index (χ1v) is 6.32. The highest BCUT2D eigenvalue weighted by molar-refractivity contribution is 5.94. The lowest BCUT2D eigenvalue weighted by Crippen LogP contribution is -2.32. The predicted molar refractivity (Wildman–Crippen MR) is 74.3 cm³/mol. The molecule has 1 aromatic carbocycles. The van der Waals surface area contributed by atoms with Gasteiger partial charge in [-0.1, -0.05) is 17.2 Å². The monoisotopic (exact) mass is 263 g/mol. The van der Waals surface area contributed by atoms with E-state index in [-0.39, 0.29) is 5.91 Å². The number of aryl methyl sites for hydroxylation is 2. The van der Waals surface area contributed by atoms with E-state index < -0.39 is 11.4 Å². The maximum atomic E-state index is 11.9. The second-order valence-corrected chi connectivity index (χ2v) is 5.57. The summed E-state index contributed by atoms with van der Waals surface area (Å²) < 4.78 is 0. The fourth-order valence-corrected chi connectivity index (χ4v) is 1.80. The number of carboxylic acids is 1. The van der Waals surface area contributed by atoms with Crippen LogP contribution in [0.25, 0.3) is 0 Å². The van der Waals surface area contributed by atoms with E-state index in [1.165, 1.54) is 0 Å². The topological polar surface area (TPSA) is 66.4 Å². The smallest absolute Gasteiger partial charge is 0.309 e. The van der Waals surface area contributed by atoms with Crippen LogP contribution in [-0.4, -0.2) is 23.5 Å². The molecule has 0 saturated carbocycles. The third kappa shape index (κ3) is 4.39. The quantitative estimate of drug-likeness (QED) is 0.858. The molecular weight excluding hydrogens is 242 g/mol. The van der Waals surface area contributed by atoms with E-state index in [9.17, 15) is 9.59 Å². The van der Waals surface area contributed by atoms with Crippen molar-refractivity contribution in [2.24, 2.45) is 5.41 Å². The second-order valence-electron chi connectivity index (χ2n) is 5.57. The van der Waals surface area contributed by atoms with E-state index >= 15 is 0 Å². The Bertz CT molecular complexity index is 472. The van der Waals surface area contributed by atoms with Gasteiger partial charge in [0.1, 0.15) is 0 Å². The number of rotatable bonds is 5. The second kappa shape index (κ2) is 5.87. The first-order chi connectivity index (χ1) is 8.72. The summed E-state index contributed by atoms with van der Waals surface area (Å²) in [6.07, 6.45) is 0.402. The molecule has 0 aliphatic heterocycles. The summed E-state index contributed by atoms with van der Waals surface area (Å²) in [7, 11) is 0. The molecule has 4 nitrogen and oxygen atoms in total. The Kier molecular flexibility index (Phi) is 4.70. The highest BCUT2D eigenvalue weighted by Gasteiger charge is 2.26. The summed E-state index contributed by atoms with van der Waals surface area (Å²) in [5.74, 6) is -1.01. The lowest BCUT2D eigenvalue weighted by atomic mass is 9.89.